The summed E-state index contributed by atoms with van der Waals surface area (Å²) >= 11 is 3.48. The van der Waals surface area contributed by atoms with E-state index >= 15 is 0 Å². The number of nitrogens with one attached hydrogen (secondary N) is 2. The van der Waals surface area contributed by atoms with Gasteiger partial charge in [-0.25, -0.2) is 0 Å². The molecule has 0 aliphatic rings. The summed E-state index contributed by atoms with van der Waals surface area (Å²) in [6.07, 6.45) is 0. The van der Waals surface area contributed by atoms with Gasteiger partial charge in [-0.15, -0.1) is 0 Å². The number of hydrogen-bond acceptors (Lipinski definition) is 3. The van der Waals surface area contributed by atoms with Gasteiger partial charge in [0.25, 0.3) is 5.91 Å². The Morgan fingerprint density at radius 1 is 1.04 bits per heavy atom. The van der Waals surface area contributed by atoms with E-state index in [-0.39, 0.29) is 18.4 Å². The van der Waals surface area contributed by atoms with Crippen molar-refractivity contribution in [3.63, 3.8) is 0 Å². The average Bonchev–Trinajstić information content (AvgIpc) is 2.62. The molecule has 2 rings (SSSR count). The zero-order valence-corrected chi connectivity index (χ0v) is 16.9. The summed E-state index contributed by atoms with van der Waals surface area (Å²) in [4.78, 5) is 26.2. The number of benzene rings is 2. The van der Waals surface area contributed by atoms with Crippen LogP contribution in [0.1, 0.15) is 29.8 Å². The van der Waals surface area contributed by atoms with Gasteiger partial charge in [0.05, 0.1) is 6.54 Å². The van der Waals surface area contributed by atoms with Gasteiger partial charge >= 0.3 is 0 Å². The fourth-order valence-electron chi connectivity index (χ4n) is 2.53. The van der Waals surface area contributed by atoms with E-state index in [1.54, 1.807) is 29.2 Å². The van der Waals surface area contributed by atoms with Gasteiger partial charge in [-0.1, -0.05) is 6.07 Å². The van der Waals surface area contributed by atoms with Crippen molar-refractivity contribution >= 4 is 39.1 Å². The number of carbonyl (C=O) groups is 2. The van der Waals surface area contributed by atoms with E-state index in [9.17, 15) is 9.59 Å². The molecule has 0 bridgehead atoms. The third-order valence-corrected chi connectivity index (χ3v) is 4.69. The van der Waals surface area contributed by atoms with Gasteiger partial charge in [0.2, 0.25) is 5.91 Å². The first-order valence-electron chi connectivity index (χ1n) is 8.63. The molecule has 0 heterocycles. The first-order chi connectivity index (χ1) is 12.4. The lowest BCUT2D eigenvalue weighted by Gasteiger charge is -2.18. The lowest BCUT2D eigenvalue weighted by atomic mass is 10.1. The first kappa shape index (κ1) is 20.0. The van der Waals surface area contributed by atoms with Crippen molar-refractivity contribution in [2.45, 2.75) is 20.8 Å². The molecule has 0 saturated carbocycles. The van der Waals surface area contributed by atoms with Crippen LogP contribution in [0.25, 0.3) is 0 Å². The van der Waals surface area contributed by atoms with E-state index in [0.29, 0.717) is 24.3 Å². The van der Waals surface area contributed by atoms with Gasteiger partial charge in [0.1, 0.15) is 0 Å². The summed E-state index contributed by atoms with van der Waals surface area (Å²) in [5, 5.41) is 5.92. The molecule has 0 fully saturated rings. The van der Waals surface area contributed by atoms with E-state index in [1.165, 1.54) is 0 Å². The Kier molecular flexibility index (Phi) is 7.21. The van der Waals surface area contributed by atoms with Crippen molar-refractivity contribution in [1.29, 1.82) is 0 Å². The number of halogens is 1. The van der Waals surface area contributed by atoms with Crippen LogP contribution >= 0.6 is 15.9 Å². The van der Waals surface area contributed by atoms with Crippen LogP contribution in [0.3, 0.4) is 0 Å². The van der Waals surface area contributed by atoms with Crippen molar-refractivity contribution in [2.24, 2.45) is 0 Å². The maximum absolute atomic E-state index is 12.3. The second-order valence-corrected chi connectivity index (χ2v) is 6.79. The fraction of sp³-hybridized carbons (Fsp3) is 0.300. The van der Waals surface area contributed by atoms with Crippen molar-refractivity contribution in [2.75, 3.05) is 30.3 Å². The third kappa shape index (κ3) is 5.33. The molecule has 5 nitrogen and oxygen atoms in total. The van der Waals surface area contributed by atoms with Gasteiger partial charge in [-0.3, -0.25) is 9.59 Å². The minimum atomic E-state index is -0.153. The molecular formula is C20H24BrN3O2. The average molecular weight is 418 g/mol. The molecule has 2 aromatic rings. The molecule has 0 radical (unpaired) electrons. The van der Waals surface area contributed by atoms with Crippen LogP contribution in [0.15, 0.2) is 46.9 Å². The summed E-state index contributed by atoms with van der Waals surface area (Å²) < 4.78 is 0.921. The first-order valence-corrected chi connectivity index (χ1v) is 9.43. The van der Waals surface area contributed by atoms with Gasteiger partial charge in [0.15, 0.2) is 0 Å². The zero-order valence-electron chi connectivity index (χ0n) is 15.3. The predicted molar refractivity (Wildman–Crippen MR) is 110 cm³/mol. The van der Waals surface area contributed by atoms with Crippen molar-refractivity contribution in [1.82, 2.24) is 4.90 Å². The van der Waals surface area contributed by atoms with Crippen molar-refractivity contribution in [3.8, 4) is 0 Å². The Morgan fingerprint density at radius 2 is 1.69 bits per heavy atom. The Balaban J connectivity index is 1.92. The lowest BCUT2D eigenvalue weighted by molar-refractivity contribution is -0.114. The number of anilines is 2. The lowest BCUT2D eigenvalue weighted by Crippen LogP contribution is -2.30. The molecule has 0 aromatic heterocycles. The molecule has 0 unspecified atom stereocenters. The van der Waals surface area contributed by atoms with Crippen LogP contribution < -0.4 is 10.6 Å². The van der Waals surface area contributed by atoms with E-state index in [1.807, 2.05) is 39.0 Å². The molecule has 6 heteroatoms. The minimum absolute atomic E-state index is 0.00114. The molecule has 0 atom stereocenters. The monoisotopic (exact) mass is 417 g/mol. The Hall–Kier alpha value is -2.34. The highest BCUT2D eigenvalue weighted by molar-refractivity contribution is 9.10. The van der Waals surface area contributed by atoms with Gasteiger partial charge in [0, 0.05) is 34.5 Å². The number of rotatable bonds is 7. The number of aryl methyl sites for hydroxylation is 1. The fourth-order valence-corrected chi connectivity index (χ4v) is 3.17. The molecule has 0 aliphatic heterocycles. The smallest absolute Gasteiger partial charge is 0.253 e. The van der Waals surface area contributed by atoms with E-state index in [2.05, 4.69) is 26.6 Å². The largest absolute Gasteiger partial charge is 0.375 e. The van der Waals surface area contributed by atoms with Gasteiger partial charge in [-0.2, -0.15) is 0 Å². The zero-order chi connectivity index (χ0) is 19.1. The summed E-state index contributed by atoms with van der Waals surface area (Å²) in [6.45, 7) is 7.42. The minimum Gasteiger partial charge on any atom is -0.375 e. The summed E-state index contributed by atoms with van der Waals surface area (Å²) in [6, 6.07) is 12.9. The van der Waals surface area contributed by atoms with Crippen LogP contribution in [-0.2, 0) is 4.79 Å². The van der Waals surface area contributed by atoms with E-state index in [0.717, 1.165) is 15.7 Å². The third-order valence-electron chi connectivity index (χ3n) is 4.03. The Labute approximate surface area is 162 Å². The van der Waals surface area contributed by atoms with Crippen LogP contribution in [-0.4, -0.2) is 36.3 Å². The van der Waals surface area contributed by atoms with Crippen LogP contribution in [0.5, 0.6) is 0 Å². The topological polar surface area (TPSA) is 61.4 Å². The number of carbonyl (C=O) groups excluding carboxylic acids is 2. The molecule has 0 aliphatic carbocycles. The maximum Gasteiger partial charge on any atom is 0.253 e. The molecule has 138 valence electrons. The molecule has 2 aromatic carbocycles. The number of amides is 2. The molecule has 2 amide bonds. The van der Waals surface area contributed by atoms with Crippen molar-refractivity contribution in [3.05, 3.63) is 58.1 Å². The van der Waals surface area contributed by atoms with Gasteiger partial charge < -0.3 is 15.5 Å². The standard InChI is InChI=1S/C20H24BrN3O2/c1-4-24(5-2)20(26)15-7-9-16(10-8-15)23-19(25)13-22-18-11-6-14(3)12-17(18)21/h6-12,22H,4-5,13H2,1-3H3,(H,23,25). The highest BCUT2D eigenvalue weighted by atomic mass is 79.9. The molecular weight excluding hydrogens is 394 g/mol. The predicted octanol–water partition coefficient (Wildman–Crippen LogP) is 4.29. The Morgan fingerprint density at radius 3 is 2.27 bits per heavy atom. The maximum atomic E-state index is 12.3. The second kappa shape index (κ2) is 9.38. The highest BCUT2D eigenvalue weighted by Crippen LogP contribution is 2.23. The summed E-state index contributed by atoms with van der Waals surface area (Å²) in [5.41, 5.74) is 3.29. The quantitative estimate of drug-likeness (QED) is 0.705. The Bertz CT molecular complexity index is 771. The second-order valence-electron chi connectivity index (χ2n) is 5.94. The van der Waals surface area contributed by atoms with Gasteiger partial charge in [-0.05, 0) is 78.7 Å². The molecule has 2 N–H and O–H groups in total. The van der Waals surface area contributed by atoms with E-state index in [4.69, 9.17) is 0 Å². The van der Waals surface area contributed by atoms with Crippen LogP contribution in [0.4, 0.5) is 11.4 Å². The highest BCUT2D eigenvalue weighted by Gasteiger charge is 2.12. The number of hydrogen-bond donors (Lipinski definition) is 2. The molecule has 26 heavy (non-hydrogen) atoms. The van der Waals surface area contributed by atoms with Crippen LogP contribution in [0.2, 0.25) is 0 Å². The summed E-state index contributed by atoms with van der Waals surface area (Å²) in [7, 11) is 0. The van der Waals surface area contributed by atoms with Crippen LogP contribution in [0, 0.1) is 6.92 Å². The SMILES string of the molecule is CCN(CC)C(=O)c1ccc(NC(=O)CNc2ccc(C)cc2Br)cc1. The molecule has 0 saturated heterocycles. The van der Waals surface area contributed by atoms with E-state index < -0.39 is 0 Å². The summed E-state index contributed by atoms with van der Waals surface area (Å²) in [5.74, 6) is -0.154. The molecule has 0 spiro atoms. The normalized spacial score (nSPS) is 10.3. The van der Waals surface area contributed by atoms with Crippen molar-refractivity contribution < 1.29 is 9.59 Å². The number of nitrogens with zero attached hydrogens (tertiary/aromatic N) is 1.